The lowest BCUT2D eigenvalue weighted by atomic mass is 10.2. The number of carbonyl (C=O) groups is 1. The van der Waals surface area contributed by atoms with Crippen LogP contribution >= 0.6 is 0 Å². The predicted molar refractivity (Wildman–Crippen MR) is 120 cm³/mol. The third-order valence-corrected chi connectivity index (χ3v) is 5.74. The van der Waals surface area contributed by atoms with E-state index < -0.39 is 28.0 Å². The molecule has 2 N–H and O–H groups in total. The van der Waals surface area contributed by atoms with E-state index in [2.05, 4.69) is 19.8 Å². The minimum Gasteiger partial charge on any atom is -0.492 e. The molecule has 0 atom stereocenters. The van der Waals surface area contributed by atoms with Gasteiger partial charge in [0, 0.05) is 35.6 Å². The lowest BCUT2D eigenvalue weighted by Gasteiger charge is -2.15. The van der Waals surface area contributed by atoms with Crippen molar-refractivity contribution in [3.8, 4) is 17.4 Å². The second-order valence-corrected chi connectivity index (χ2v) is 8.47. The summed E-state index contributed by atoms with van der Waals surface area (Å²) >= 11 is 0. The number of alkyl halides is 3. The SMILES string of the molecule is CCOc1cc(NC(=O)c2ccnc(OC)c2)ccc1S(=O)(=O)Nc1cccc(OC(F)(F)F)c1. The van der Waals surface area contributed by atoms with Crippen LogP contribution < -0.4 is 24.2 Å². The molecule has 0 radical (unpaired) electrons. The zero-order chi connectivity index (χ0) is 25.6. The second-order valence-electron chi connectivity index (χ2n) is 6.82. The number of methoxy groups -OCH3 is 1. The van der Waals surface area contributed by atoms with Crippen LogP contribution in [0.3, 0.4) is 0 Å². The number of pyridine rings is 1. The molecule has 35 heavy (non-hydrogen) atoms. The minimum absolute atomic E-state index is 0.0761. The molecule has 1 heterocycles. The van der Waals surface area contributed by atoms with Crippen LogP contribution in [0.15, 0.2) is 65.7 Å². The van der Waals surface area contributed by atoms with Gasteiger partial charge in [0.25, 0.3) is 15.9 Å². The summed E-state index contributed by atoms with van der Waals surface area (Å²) in [7, 11) is -2.87. The molecule has 0 unspecified atom stereocenters. The topological polar surface area (TPSA) is 116 Å². The summed E-state index contributed by atoms with van der Waals surface area (Å²) in [5, 5.41) is 2.63. The van der Waals surface area contributed by atoms with E-state index in [1.807, 2.05) is 0 Å². The summed E-state index contributed by atoms with van der Waals surface area (Å²) in [6.07, 6.45) is -3.53. The molecule has 9 nitrogen and oxygen atoms in total. The van der Waals surface area contributed by atoms with E-state index in [1.54, 1.807) is 6.92 Å². The van der Waals surface area contributed by atoms with Crippen LogP contribution in [-0.2, 0) is 10.0 Å². The zero-order valence-electron chi connectivity index (χ0n) is 18.4. The number of nitrogens with one attached hydrogen (secondary N) is 2. The van der Waals surface area contributed by atoms with Gasteiger partial charge in [-0.3, -0.25) is 9.52 Å². The highest BCUT2D eigenvalue weighted by atomic mass is 32.2. The van der Waals surface area contributed by atoms with Gasteiger partial charge in [0.2, 0.25) is 5.88 Å². The lowest BCUT2D eigenvalue weighted by Crippen LogP contribution is -2.18. The normalized spacial score (nSPS) is 11.5. The molecule has 3 aromatic rings. The van der Waals surface area contributed by atoms with E-state index in [0.29, 0.717) is 0 Å². The quantitative estimate of drug-likeness (QED) is 0.436. The number of carbonyl (C=O) groups excluding carboxylic acids is 1. The van der Waals surface area contributed by atoms with Crippen LogP contribution in [0.4, 0.5) is 24.5 Å². The number of amides is 1. The second kappa shape index (κ2) is 10.5. The van der Waals surface area contributed by atoms with Crippen molar-refractivity contribution in [1.29, 1.82) is 0 Å². The Morgan fingerprint density at radius 3 is 2.51 bits per heavy atom. The molecule has 1 aromatic heterocycles. The summed E-state index contributed by atoms with van der Waals surface area (Å²) in [4.78, 5) is 16.2. The highest BCUT2D eigenvalue weighted by Crippen LogP contribution is 2.31. The third-order valence-electron chi connectivity index (χ3n) is 4.32. The summed E-state index contributed by atoms with van der Waals surface area (Å²) in [5.74, 6) is -0.922. The average molecular weight is 511 g/mol. The van der Waals surface area contributed by atoms with Gasteiger partial charge in [-0.2, -0.15) is 0 Å². The Labute approximate surface area is 198 Å². The van der Waals surface area contributed by atoms with Crippen LogP contribution in [0.5, 0.6) is 17.4 Å². The zero-order valence-corrected chi connectivity index (χ0v) is 19.2. The number of benzene rings is 2. The number of hydrogen-bond donors (Lipinski definition) is 2. The van der Waals surface area contributed by atoms with Crippen molar-refractivity contribution in [2.24, 2.45) is 0 Å². The number of aromatic nitrogens is 1. The third kappa shape index (κ3) is 6.99. The molecule has 0 spiro atoms. The first-order valence-corrected chi connectivity index (χ1v) is 11.5. The molecule has 1 amide bonds. The number of rotatable bonds is 9. The van der Waals surface area contributed by atoms with Gasteiger partial charge in [0.15, 0.2) is 0 Å². The first kappa shape index (κ1) is 25.6. The summed E-state index contributed by atoms with van der Waals surface area (Å²) in [5.41, 5.74) is 0.348. The molecule has 0 fully saturated rings. The molecule has 0 bridgehead atoms. The van der Waals surface area contributed by atoms with Gasteiger partial charge in [0.1, 0.15) is 16.4 Å². The molecule has 2 aromatic carbocycles. The molecule has 0 saturated carbocycles. The monoisotopic (exact) mass is 511 g/mol. The maximum absolute atomic E-state index is 13.0. The van der Waals surface area contributed by atoms with E-state index >= 15 is 0 Å². The number of nitrogens with zero attached hydrogens (tertiary/aromatic N) is 1. The number of ether oxygens (including phenoxy) is 3. The highest BCUT2D eigenvalue weighted by Gasteiger charge is 2.31. The van der Waals surface area contributed by atoms with Crippen molar-refractivity contribution < 1.29 is 40.6 Å². The average Bonchev–Trinajstić information content (AvgIpc) is 2.78. The van der Waals surface area contributed by atoms with Crippen LogP contribution in [-0.4, -0.2) is 39.4 Å². The Balaban J connectivity index is 1.85. The Kier molecular flexibility index (Phi) is 7.69. The van der Waals surface area contributed by atoms with Crippen molar-refractivity contribution >= 4 is 27.3 Å². The molecule has 13 heteroatoms. The van der Waals surface area contributed by atoms with Crippen LogP contribution in [0, 0.1) is 0 Å². The molecule has 3 rings (SSSR count). The van der Waals surface area contributed by atoms with Gasteiger partial charge in [-0.15, -0.1) is 13.2 Å². The van der Waals surface area contributed by atoms with Crippen molar-refractivity contribution in [2.75, 3.05) is 23.8 Å². The lowest BCUT2D eigenvalue weighted by molar-refractivity contribution is -0.274. The molecule has 0 aliphatic carbocycles. The summed E-state index contributed by atoms with van der Waals surface area (Å²) < 4.78 is 79.8. The van der Waals surface area contributed by atoms with Crippen molar-refractivity contribution in [1.82, 2.24) is 4.98 Å². The predicted octanol–water partition coefficient (Wildman–Crippen LogP) is 4.44. The summed E-state index contributed by atoms with van der Waals surface area (Å²) in [6.45, 7) is 1.74. The van der Waals surface area contributed by atoms with Gasteiger partial charge < -0.3 is 19.5 Å². The van der Waals surface area contributed by atoms with Gasteiger partial charge in [-0.05, 0) is 37.3 Å². The standard InChI is InChI=1S/C22H20F3N3O6S/c1-3-33-18-13-15(27-21(29)14-9-10-26-20(11-14)32-2)7-8-19(18)35(30,31)28-16-5-4-6-17(12-16)34-22(23,24)25/h4-13,28H,3H2,1-2H3,(H,27,29). The first-order valence-electron chi connectivity index (χ1n) is 9.97. The summed E-state index contributed by atoms with van der Waals surface area (Å²) in [6, 6.07) is 11.2. The number of anilines is 2. The maximum atomic E-state index is 13.0. The van der Waals surface area contributed by atoms with Crippen LogP contribution in [0.1, 0.15) is 17.3 Å². The fraction of sp³-hybridized carbons (Fsp3) is 0.182. The van der Waals surface area contributed by atoms with E-state index in [0.717, 1.165) is 12.1 Å². The van der Waals surface area contributed by atoms with Crippen LogP contribution in [0.25, 0.3) is 0 Å². The van der Waals surface area contributed by atoms with Crippen LogP contribution in [0.2, 0.25) is 0 Å². The molecule has 186 valence electrons. The smallest absolute Gasteiger partial charge is 0.492 e. The fourth-order valence-corrected chi connectivity index (χ4v) is 4.09. The van der Waals surface area contributed by atoms with E-state index in [-0.39, 0.29) is 40.1 Å². The van der Waals surface area contributed by atoms with E-state index in [9.17, 15) is 26.4 Å². The highest BCUT2D eigenvalue weighted by molar-refractivity contribution is 7.92. The molecule has 0 aliphatic rings. The Bertz CT molecular complexity index is 1320. The van der Waals surface area contributed by atoms with E-state index in [1.165, 1.54) is 55.8 Å². The van der Waals surface area contributed by atoms with E-state index in [4.69, 9.17) is 9.47 Å². The van der Waals surface area contributed by atoms with Gasteiger partial charge >= 0.3 is 6.36 Å². The van der Waals surface area contributed by atoms with Gasteiger partial charge in [-0.1, -0.05) is 6.07 Å². The minimum atomic E-state index is -4.93. The number of sulfonamides is 1. The van der Waals surface area contributed by atoms with Crippen molar-refractivity contribution in [3.63, 3.8) is 0 Å². The number of halogens is 3. The Morgan fingerprint density at radius 2 is 1.83 bits per heavy atom. The van der Waals surface area contributed by atoms with Crippen molar-refractivity contribution in [3.05, 3.63) is 66.4 Å². The first-order chi connectivity index (χ1) is 16.5. The van der Waals surface area contributed by atoms with Gasteiger partial charge in [-0.25, -0.2) is 13.4 Å². The molecular formula is C22H20F3N3O6S. The molecular weight excluding hydrogens is 491 g/mol. The Morgan fingerprint density at radius 1 is 1.06 bits per heavy atom. The molecule has 0 saturated heterocycles. The van der Waals surface area contributed by atoms with Crippen molar-refractivity contribution in [2.45, 2.75) is 18.2 Å². The fourth-order valence-electron chi connectivity index (χ4n) is 2.91. The molecule has 0 aliphatic heterocycles. The Hall–Kier alpha value is -4.00. The van der Waals surface area contributed by atoms with Gasteiger partial charge in [0.05, 0.1) is 19.4 Å². The number of hydrogen-bond acceptors (Lipinski definition) is 7. The largest absolute Gasteiger partial charge is 0.573 e. The maximum Gasteiger partial charge on any atom is 0.573 e.